The lowest BCUT2D eigenvalue weighted by Crippen LogP contribution is -2.34. The Bertz CT molecular complexity index is 1220. The van der Waals surface area contributed by atoms with Crippen LogP contribution in [0.5, 0.6) is 0 Å². The molecule has 6 nitrogen and oxygen atoms in total. The van der Waals surface area contributed by atoms with Gasteiger partial charge in [0.15, 0.2) is 9.84 Å². The number of nitrogens with one attached hydrogen (secondary N) is 2. The van der Waals surface area contributed by atoms with Gasteiger partial charge in [-0.15, -0.1) is 0 Å². The van der Waals surface area contributed by atoms with Gasteiger partial charge in [-0.05, 0) is 68.7 Å². The van der Waals surface area contributed by atoms with Crippen LogP contribution >= 0.6 is 0 Å². The van der Waals surface area contributed by atoms with Gasteiger partial charge in [0.25, 0.3) is 0 Å². The maximum Gasteiger partial charge on any atom is 0.225 e. The van der Waals surface area contributed by atoms with E-state index in [0.717, 1.165) is 48.0 Å². The second kappa shape index (κ2) is 9.67. The summed E-state index contributed by atoms with van der Waals surface area (Å²) in [5.74, 6) is 2.04. The molecule has 0 saturated heterocycles. The van der Waals surface area contributed by atoms with Crippen molar-refractivity contribution in [3.8, 4) is 11.1 Å². The summed E-state index contributed by atoms with van der Waals surface area (Å²) < 4.78 is 24.4. The molecule has 7 heteroatoms. The molecule has 0 bridgehead atoms. The minimum atomic E-state index is -2.94. The highest BCUT2D eigenvalue weighted by atomic mass is 32.2. The number of aryl methyl sites for hydroxylation is 1. The minimum absolute atomic E-state index is 0.171. The van der Waals surface area contributed by atoms with Crippen LogP contribution in [0.4, 0.5) is 11.8 Å². The molecule has 0 amide bonds. The number of aromatic nitrogens is 2. The van der Waals surface area contributed by atoms with Crippen molar-refractivity contribution in [2.75, 3.05) is 23.4 Å². The highest BCUT2D eigenvalue weighted by molar-refractivity contribution is 7.92. The van der Waals surface area contributed by atoms with E-state index in [4.69, 9.17) is 9.97 Å². The van der Waals surface area contributed by atoms with E-state index in [0.29, 0.717) is 11.9 Å². The van der Waals surface area contributed by atoms with Crippen molar-refractivity contribution in [3.63, 3.8) is 0 Å². The van der Waals surface area contributed by atoms with Gasteiger partial charge in [-0.1, -0.05) is 42.8 Å². The number of rotatable bonds is 7. The summed E-state index contributed by atoms with van der Waals surface area (Å²) in [5.41, 5.74) is 4.43. The molecule has 0 spiro atoms. The molecule has 176 valence electrons. The average Bonchev–Trinajstić information content (AvgIpc) is 2.83. The van der Waals surface area contributed by atoms with Crippen molar-refractivity contribution in [2.24, 2.45) is 5.92 Å². The third-order valence-corrected chi connectivity index (χ3v) is 9.30. The summed E-state index contributed by atoms with van der Waals surface area (Å²) in [6.45, 7) is 5.98. The van der Waals surface area contributed by atoms with Crippen molar-refractivity contribution in [1.82, 2.24) is 9.97 Å². The van der Waals surface area contributed by atoms with E-state index >= 15 is 0 Å². The highest BCUT2D eigenvalue weighted by Crippen LogP contribution is 2.33. The molecule has 0 aliphatic heterocycles. The highest BCUT2D eigenvalue weighted by Gasteiger charge is 2.31. The van der Waals surface area contributed by atoms with Crippen LogP contribution in [0.1, 0.15) is 45.1 Å². The number of fused-ring (bicyclic) bond motifs is 1. The van der Waals surface area contributed by atoms with Gasteiger partial charge in [-0.2, -0.15) is 4.98 Å². The van der Waals surface area contributed by atoms with Gasteiger partial charge in [0, 0.05) is 24.2 Å². The Hall–Kier alpha value is -2.67. The SMILES string of the molecule is CCS(=O)(=O)[C@H]1CC[C@H](C(C)Nc2nc(NC)c3cc(-c4ccc(C)cc4)ccc3n2)CC1. The number of benzene rings is 2. The van der Waals surface area contributed by atoms with E-state index < -0.39 is 9.84 Å². The molecule has 4 rings (SSSR count). The fraction of sp³-hybridized carbons (Fsp3) is 0.462. The number of nitrogens with zero attached hydrogens (tertiary/aromatic N) is 2. The van der Waals surface area contributed by atoms with E-state index in [1.807, 2.05) is 13.1 Å². The summed E-state index contributed by atoms with van der Waals surface area (Å²) in [5, 5.41) is 7.51. The van der Waals surface area contributed by atoms with Crippen molar-refractivity contribution in [2.45, 2.75) is 57.7 Å². The van der Waals surface area contributed by atoms with Crippen LogP contribution in [-0.4, -0.2) is 42.5 Å². The second-order valence-corrected chi connectivity index (χ2v) is 11.7. The third kappa shape index (κ3) is 5.13. The summed E-state index contributed by atoms with van der Waals surface area (Å²) in [4.78, 5) is 9.52. The molecule has 2 N–H and O–H groups in total. The van der Waals surface area contributed by atoms with Crippen LogP contribution in [0.2, 0.25) is 0 Å². The zero-order chi connectivity index (χ0) is 23.6. The Morgan fingerprint density at radius 1 is 1.00 bits per heavy atom. The third-order valence-electron chi connectivity index (χ3n) is 7.01. The largest absolute Gasteiger partial charge is 0.372 e. The molecule has 1 fully saturated rings. The minimum Gasteiger partial charge on any atom is -0.372 e. The molecule has 1 saturated carbocycles. The lowest BCUT2D eigenvalue weighted by molar-refractivity contribution is 0.327. The van der Waals surface area contributed by atoms with Crippen molar-refractivity contribution in [3.05, 3.63) is 48.0 Å². The molecule has 3 aromatic rings. The van der Waals surface area contributed by atoms with Gasteiger partial charge >= 0.3 is 0 Å². The molecule has 0 radical (unpaired) electrons. The predicted molar refractivity (Wildman–Crippen MR) is 138 cm³/mol. The normalized spacial score (nSPS) is 19.9. The molecule has 1 heterocycles. The summed E-state index contributed by atoms with van der Waals surface area (Å²) in [7, 11) is -1.06. The Morgan fingerprint density at radius 2 is 1.67 bits per heavy atom. The number of anilines is 2. The first-order chi connectivity index (χ1) is 15.8. The van der Waals surface area contributed by atoms with E-state index in [9.17, 15) is 8.42 Å². The standard InChI is InChI=1S/C26H34N4O2S/c1-5-33(31,32)22-13-10-19(11-14-22)18(3)28-26-29-24-15-12-21(16-23(24)25(27-4)30-26)20-8-6-17(2)7-9-20/h6-9,12,15-16,18-19,22H,5,10-11,13-14H2,1-4H3,(H2,27,28,29,30)/t18?,19-,22-. The molecule has 1 unspecified atom stereocenters. The summed E-state index contributed by atoms with van der Waals surface area (Å²) in [6.07, 6.45) is 3.30. The maximum absolute atomic E-state index is 12.2. The van der Waals surface area contributed by atoms with E-state index in [1.165, 1.54) is 11.1 Å². The van der Waals surface area contributed by atoms with Crippen molar-refractivity contribution >= 4 is 32.5 Å². The lowest BCUT2D eigenvalue weighted by Gasteiger charge is -2.32. The van der Waals surface area contributed by atoms with Crippen LogP contribution in [0.15, 0.2) is 42.5 Å². The molecule has 1 aromatic heterocycles. The zero-order valence-corrected chi connectivity index (χ0v) is 20.7. The Kier molecular flexibility index (Phi) is 6.88. The number of sulfone groups is 1. The van der Waals surface area contributed by atoms with Crippen molar-refractivity contribution in [1.29, 1.82) is 0 Å². The first-order valence-electron chi connectivity index (χ1n) is 11.9. The Balaban J connectivity index is 1.51. The van der Waals surface area contributed by atoms with Gasteiger partial charge < -0.3 is 10.6 Å². The topological polar surface area (TPSA) is 84.0 Å². The predicted octanol–water partition coefficient (Wildman–Crippen LogP) is 5.44. The van der Waals surface area contributed by atoms with Crippen LogP contribution in [0.25, 0.3) is 22.0 Å². The fourth-order valence-electron chi connectivity index (χ4n) is 4.81. The Labute approximate surface area is 197 Å². The monoisotopic (exact) mass is 466 g/mol. The van der Waals surface area contributed by atoms with Crippen LogP contribution < -0.4 is 10.6 Å². The zero-order valence-electron chi connectivity index (χ0n) is 19.9. The molecular weight excluding hydrogens is 432 g/mol. The molecule has 1 aliphatic rings. The molecular formula is C26H34N4O2S. The first kappa shape index (κ1) is 23.5. The van der Waals surface area contributed by atoms with E-state index in [1.54, 1.807) is 6.92 Å². The lowest BCUT2D eigenvalue weighted by atomic mass is 9.84. The smallest absolute Gasteiger partial charge is 0.225 e. The van der Waals surface area contributed by atoms with Gasteiger partial charge in [0.05, 0.1) is 10.8 Å². The van der Waals surface area contributed by atoms with Crippen LogP contribution in [0.3, 0.4) is 0 Å². The van der Waals surface area contributed by atoms with Crippen molar-refractivity contribution < 1.29 is 8.42 Å². The molecule has 2 aromatic carbocycles. The van der Waals surface area contributed by atoms with Crippen LogP contribution in [0, 0.1) is 12.8 Å². The van der Waals surface area contributed by atoms with E-state index in [-0.39, 0.29) is 17.0 Å². The van der Waals surface area contributed by atoms with Gasteiger partial charge in [0.1, 0.15) is 5.82 Å². The molecule has 1 atom stereocenters. The van der Waals surface area contributed by atoms with Gasteiger partial charge in [-0.3, -0.25) is 0 Å². The molecule has 33 heavy (non-hydrogen) atoms. The first-order valence-corrected chi connectivity index (χ1v) is 13.6. The quantitative estimate of drug-likeness (QED) is 0.482. The summed E-state index contributed by atoms with van der Waals surface area (Å²) in [6, 6.07) is 15.0. The van der Waals surface area contributed by atoms with Gasteiger partial charge in [-0.25, -0.2) is 13.4 Å². The van der Waals surface area contributed by atoms with Gasteiger partial charge in [0.2, 0.25) is 5.95 Å². The Morgan fingerprint density at radius 3 is 2.30 bits per heavy atom. The number of hydrogen-bond acceptors (Lipinski definition) is 6. The van der Waals surface area contributed by atoms with Crippen LogP contribution in [-0.2, 0) is 9.84 Å². The fourth-order valence-corrected chi connectivity index (χ4v) is 6.28. The van der Waals surface area contributed by atoms with E-state index in [2.05, 4.69) is 60.9 Å². The average molecular weight is 467 g/mol. The maximum atomic E-state index is 12.2. The second-order valence-electron chi connectivity index (χ2n) is 9.17. The summed E-state index contributed by atoms with van der Waals surface area (Å²) >= 11 is 0. The molecule has 1 aliphatic carbocycles. The number of hydrogen-bond donors (Lipinski definition) is 2.